The molecule has 4 nitrogen and oxygen atoms in total. The molecule has 2 aromatic heterocycles. The fraction of sp³-hybridized carbons (Fsp3) is 0.630. The summed E-state index contributed by atoms with van der Waals surface area (Å²) in [7, 11) is 0. The van der Waals surface area contributed by atoms with Crippen LogP contribution in [0.15, 0.2) is 59.0 Å². The molecule has 0 bridgehead atoms. The molecule has 0 aliphatic heterocycles. The average Bonchev–Trinajstić information content (AvgIpc) is 2.80. The predicted molar refractivity (Wildman–Crippen MR) is 153 cm³/mol. The zero-order valence-electron chi connectivity index (χ0n) is 20.8. The van der Waals surface area contributed by atoms with Crippen LogP contribution < -0.4 is 10.7 Å². The van der Waals surface area contributed by atoms with Crippen LogP contribution in [0.4, 0.5) is 0 Å². The van der Waals surface area contributed by atoms with Gasteiger partial charge in [-0.15, -0.1) is 34.0 Å². The Hall–Kier alpha value is -1.14. The second-order valence-corrected chi connectivity index (χ2v) is 8.53. The summed E-state index contributed by atoms with van der Waals surface area (Å²) in [5, 5.41) is 2.22. The minimum absolute atomic E-state index is 0. The van der Waals surface area contributed by atoms with Gasteiger partial charge in [-0.1, -0.05) is 52.4 Å². The van der Waals surface area contributed by atoms with Crippen molar-refractivity contribution in [3.05, 3.63) is 59.8 Å². The Balaban J connectivity index is 0.00000512. The van der Waals surface area contributed by atoms with Crippen molar-refractivity contribution in [2.75, 3.05) is 13.1 Å². The van der Waals surface area contributed by atoms with Gasteiger partial charge in [0.15, 0.2) is 0 Å². The highest BCUT2D eigenvalue weighted by Crippen LogP contribution is 2.02. The summed E-state index contributed by atoms with van der Waals surface area (Å²) in [6.45, 7) is 8.56. The van der Waals surface area contributed by atoms with E-state index in [9.17, 15) is 0 Å². The van der Waals surface area contributed by atoms with Crippen molar-refractivity contribution in [1.29, 1.82) is 0 Å². The van der Waals surface area contributed by atoms with Crippen LogP contribution in [0, 0.1) is 0 Å². The maximum absolute atomic E-state index is 4.67. The van der Waals surface area contributed by atoms with Crippen LogP contribution in [0.3, 0.4) is 0 Å². The Morgan fingerprint density at radius 3 is 1.24 bits per heavy atom. The Morgan fingerprint density at radius 1 is 0.515 bits per heavy atom. The molecule has 0 aromatic carbocycles. The van der Waals surface area contributed by atoms with E-state index in [1.165, 1.54) is 70.6 Å². The van der Waals surface area contributed by atoms with E-state index in [0.29, 0.717) is 0 Å². The normalized spacial score (nSPS) is 10.2. The minimum atomic E-state index is 0. The van der Waals surface area contributed by atoms with Crippen molar-refractivity contribution in [2.45, 2.75) is 97.6 Å². The molecular formula is C27H46Br2N4. The van der Waals surface area contributed by atoms with Crippen LogP contribution in [0.25, 0.3) is 0 Å². The van der Waals surface area contributed by atoms with E-state index in [1.807, 2.05) is 0 Å². The van der Waals surface area contributed by atoms with Crippen LogP contribution in [0.2, 0.25) is 0 Å². The van der Waals surface area contributed by atoms with E-state index in [-0.39, 0.29) is 34.0 Å². The topological polar surface area (TPSA) is 34.6 Å². The number of nitrogens with zero attached hydrogens (tertiary/aromatic N) is 4. The molecule has 2 rings (SSSR count). The lowest BCUT2D eigenvalue weighted by atomic mass is 10.2. The number of hydrogen-bond donors (Lipinski definition) is 0. The maximum atomic E-state index is 4.67. The van der Waals surface area contributed by atoms with Gasteiger partial charge in [-0.05, 0) is 56.4 Å². The molecular weight excluding hydrogens is 540 g/mol. The van der Waals surface area contributed by atoms with Crippen LogP contribution in [-0.2, 0) is 13.1 Å². The smallest absolute Gasteiger partial charge is 0.0603 e. The lowest BCUT2D eigenvalue weighted by Crippen LogP contribution is -2.08. The molecule has 2 aromatic rings. The van der Waals surface area contributed by atoms with Crippen LogP contribution in [0.1, 0.15) is 84.5 Å². The first-order chi connectivity index (χ1) is 15.3. The van der Waals surface area contributed by atoms with Crippen molar-refractivity contribution >= 4 is 34.0 Å². The third-order valence-corrected chi connectivity index (χ3v) is 5.69. The van der Waals surface area contributed by atoms with Crippen LogP contribution >= 0.6 is 34.0 Å². The lowest BCUT2D eigenvalue weighted by molar-refractivity contribution is 0.542. The second kappa shape index (κ2) is 21.4. The molecule has 0 atom stereocenters. The number of aromatic nitrogens is 2. The summed E-state index contributed by atoms with van der Waals surface area (Å²) in [5.41, 5.74) is 0. The molecule has 0 amide bonds. The van der Waals surface area contributed by atoms with E-state index in [4.69, 9.17) is 0 Å². The lowest BCUT2D eigenvalue weighted by Gasteiger charge is -2.08. The van der Waals surface area contributed by atoms with E-state index >= 15 is 0 Å². The summed E-state index contributed by atoms with van der Waals surface area (Å²) < 4.78 is 4.56. The van der Waals surface area contributed by atoms with Gasteiger partial charge in [0.05, 0.1) is 10.7 Å². The number of pyridine rings is 2. The van der Waals surface area contributed by atoms with Gasteiger partial charge in [0.25, 0.3) is 0 Å². The Morgan fingerprint density at radius 2 is 0.879 bits per heavy atom. The third-order valence-electron chi connectivity index (χ3n) is 5.69. The van der Waals surface area contributed by atoms with Crippen molar-refractivity contribution < 1.29 is 0 Å². The van der Waals surface area contributed by atoms with Crippen molar-refractivity contribution in [3.8, 4) is 0 Å². The summed E-state index contributed by atoms with van der Waals surface area (Å²) in [6, 6.07) is 8.58. The van der Waals surface area contributed by atoms with Crippen molar-refractivity contribution in [3.63, 3.8) is 0 Å². The number of unbranched alkanes of at least 4 members (excludes halogenated alkanes) is 8. The molecule has 0 unspecified atom stereocenters. The van der Waals surface area contributed by atoms with Gasteiger partial charge in [0.1, 0.15) is 0 Å². The van der Waals surface area contributed by atoms with Gasteiger partial charge >= 0.3 is 0 Å². The molecule has 0 spiro atoms. The highest BCUT2D eigenvalue weighted by Gasteiger charge is 1.94. The van der Waals surface area contributed by atoms with Gasteiger partial charge in [-0.25, -0.2) is 0 Å². The number of rotatable bonds is 16. The zero-order valence-corrected chi connectivity index (χ0v) is 24.3. The van der Waals surface area contributed by atoms with Crippen LogP contribution in [0.5, 0.6) is 0 Å². The summed E-state index contributed by atoms with van der Waals surface area (Å²) in [5.74, 6) is 0. The summed E-state index contributed by atoms with van der Waals surface area (Å²) >= 11 is 0. The molecule has 0 aliphatic carbocycles. The minimum Gasteiger partial charge on any atom is -0.354 e. The monoisotopic (exact) mass is 584 g/mol. The predicted octanol–water partition coefficient (Wildman–Crippen LogP) is 7.28. The number of hydrogen-bond acceptors (Lipinski definition) is 2. The molecule has 188 valence electrons. The molecule has 0 aliphatic rings. The van der Waals surface area contributed by atoms with Gasteiger partial charge < -0.3 is 9.13 Å². The maximum Gasteiger partial charge on any atom is 0.0603 e. The fourth-order valence-corrected chi connectivity index (χ4v) is 3.67. The Labute approximate surface area is 222 Å². The molecule has 6 heteroatoms. The summed E-state index contributed by atoms with van der Waals surface area (Å²) in [6.07, 6.45) is 22.6. The first-order valence-corrected chi connectivity index (χ1v) is 12.6. The number of aryl methyl sites for hydroxylation is 2. The Kier molecular flexibility index (Phi) is 20.7. The van der Waals surface area contributed by atoms with Crippen molar-refractivity contribution in [1.82, 2.24) is 9.13 Å². The van der Waals surface area contributed by atoms with E-state index in [2.05, 4.69) is 82.0 Å². The molecule has 0 radical (unpaired) electrons. The van der Waals surface area contributed by atoms with Gasteiger partial charge in [-0.2, -0.15) is 0 Å². The Bertz CT molecular complexity index is 732. The molecule has 2 heterocycles. The number of halogens is 2. The molecule has 0 saturated carbocycles. The first kappa shape index (κ1) is 31.9. The fourth-order valence-electron chi connectivity index (χ4n) is 3.67. The first-order valence-electron chi connectivity index (χ1n) is 12.6. The van der Waals surface area contributed by atoms with Crippen LogP contribution in [-0.4, -0.2) is 22.2 Å². The van der Waals surface area contributed by atoms with E-state index < -0.39 is 0 Å². The quantitative estimate of drug-likeness (QED) is 0.186. The highest BCUT2D eigenvalue weighted by molar-refractivity contribution is 8.93. The van der Waals surface area contributed by atoms with E-state index in [0.717, 1.165) is 36.9 Å². The largest absolute Gasteiger partial charge is 0.354 e. The second-order valence-electron chi connectivity index (χ2n) is 8.53. The molecule has 0 saturated heterocycles. The molecule has 33 heavy (non-hydrogen) atoms. The average molecular weight is 587 g/mol. The van der Waals surface area contributed by atoms with E-state index in [1.54, 1.807) is 0 Å². The third kappa shape index (κ3) is 15.4. The highest BCUT2D eigenvalue weighted by atomic mass is 79.9. The molecule has 0 N–H and O–H groups in total. The van der Waals surface area contributed by atoms with Gasteiger partial charge in [0.2, 0.25) is 0 Å². The van der Waals surface area contributed by atoms with Gasteiger partial charge in [-0.3, -0.25) is 9.98 Å². The molecule has 0 fully saturated rings. The summed E-state index contributed by atoms with van der Waals surface area (Å²) in [4.78, 5) is 9.35. The zero-order chi connectivity index (χ0) is 22.0. The standard InChI is InChI=1S/C27H44N4.2BrH/c1-3-5-7-10-18-28-26-14-22-30(23-15-26)20-12-9-13-21-31-24-16-27(17-25-31)29-19-11-8-6-4-2;;/h14-17,22-25H,3-13,18-21H2,1-2H3;2*1H. The van der Waals surface area contributed by atoms with Crippen molar-refractivity contribution in [2.24, 2.45) is 9.98 Å². The van der Waals surface area contributed by atoms with Gasteiger partial charge in [0, 0.05) is 51.0 Å². The SMILES string of the molecule is Br.Br.CCCCCCN=c1ccn(CCCCCn2ccc(=NCCCCCC)cc2)cc1.